The van der Waals surface area contributed by atoms with Gasteiger partial charge in [0.2, 0.25) is 0 Å². The summed E-state index contributed by atoms with van der Waals surface area (Å²) < 4.78 is 24.2. The molecule has 0 bridgehead atoms. The minimum Gasteiger partial charge on any atom is -0.491 e. The molecule has 0 aromatic heterocycles. The van der Waals surface area contributed by atoms with Crippen molar-refractivity contribution in [3.63, 3.8) is 0 Å². The molecule has 0 aliphatic carbocycles. The summed E-state index contributed by atoms with van der Waals surface area (Å²) in [5.74, 6) is 0.158. The predicted octanol–water partition coefficient (Wildman–Crippen LogP) is 2.72. The van der Waals surface area contributed by atoms with Crippen LogP contribution in [0.25, 0.3) is 0 Å². The SMILES string of the molecule is OCCCOC1CCN(CCOc2ccc(F)cc2Cl)CC1. The molecule has 1 aliphatic rings. The number of aliphatic hydroxyl groups excluding tert-OH is 1. The number of hydrogen-bond acceptors (Lipinski definition) is 4. The van der Waals surface area contributed by atoms with E-state index >= 15 is 0 Å². The van der Waals surface area contributed by atoms with Crippen LogP contribution < -0.4 is 4.74 Å². The summed E-state index contributed by atoms with van der Waals surface area (Å²) in [5.41, 5.74) is 0. The Hall–Kier alpha value is -0.880. The Bertz CT molecular complexity index is 453. The highest BCUT2D eigenvalue weighted by atomic mass is 35.5. The maximum atomic E-state index is 12.9. The quantitative estimate of drug-likeness (QED) is 0.744. The van der Waals surface area contributed by atoms with Gasteiger partial charge in [0.05, 0.1) is 11.1 Å². The maximum absolute atomic E-state index is 12.9. The third-order valence-corrected chi connectivity index (χ3v) is 4.04. The van der Waals surface area contributed by atoms with Crippen molar-refractivity contribution in [2.24, 2.45) is 0 Å². The van der Waals surface area contributed by atoms with Gasteiger partial charge in [0.1, 0.15) is 18.2 Å². The fraction of sp³-hybridized carbons (Fsp3) is 0.625. The Kier molecular flexibility index (Phi) is 7.39. The lowest BCUT2D eigenvalue weighted by atomic mass is 10.1. The number of likely N-dealkylation sites (tertiary alicyclic amines) is 1. The summed E-state index contributed by atoms with van der Waals surface area (Å²) in [7, 11) is 0. The van der Waals surface area contributed by atoms with Gasteiger partial charge < -0.3 is 14.6 Å². The van der Waals surface area contributed by atoms with Gasteiger partial charge in [-0.25, -0.2) is 4.39 Å². The van der Waals surface area contributed by atoms with Crippen LogP contribution in [0.5, 0.6) is 5.75 Å². The fourth-order valence-corrected chi connectivity index (χ4v) is 2.71. The highest BCUT2D eigenvalue weighted by Gasteiger charge is 2.19. The van der Waals surface area contributed by atoms with Crippen LogP contribution in [0.3, 0.4) is 0 Å². The van der Waals surface area contributed by atoms with Crippen LogP contribution >= 0.6 is 11.6 Å². The third-order valence-electron chi connectivity index (χ3n) is 3.75. The molecule has 0 unspecified atom stereocenters. The number of benzene rings is 1. The Morgan fingerprint density at radius 3 is 2.73 bits per heavy atom. The summed E-state index contributed by atoms with van der Waals surface area (Å²) in [5, 5.41) is 9.03. The van der Waals surface area contributed by atoms with E-state index in [2.05, 4.69) is 4.90 Å². The topological polar surface area (TPSA) is 41.9 Å². The molecule has 1 aliphatic heterocycles. The largest absolute Gasteiger partial charge is 0.491 e. The predicted molar refractivity (Wildman–Crippen MR) is 84.0 cm³/mol. The molecule has 4 nitrogen and oxygen atoms in total. The first kappa shape index (κ1) is 17.5. The van der Waals surface area contributed by atoms with Gasteiger partial charge in [-0.05, 0) is 37.5 Å². The number of ether oxygens (including phenoxy) is 2. The second-order valence-corrected chi connectivity index (χ2v) is 5.82. The average molecular weight is 332 g/mol. The standard InChI is InChI=1S/C16H23ClFNO3/c17-15-12-13(18)2-3-16(15)22-11-8-19-6-4-14(5-7-19)21-10-1-9-20/h2-3,12,14,20H,1,4-11H2. The molecule has 22 heavy (non-hydrogen) atoms. The molecule has 0 spiro atoms. The number of aliphatic hydroxyl groups is 1. The lowest BCUT2D eigenvalue weighted by molar-refractivity contribution is 0.000411. The van der Waals surface area contributed by atoms with Crippen molar-refractivity contribution in [1.29, 1.82) is 0 Å². The van der Waals surface area contributed by atoms with Crippen LogP contribution in [0.1, 0.15) is 19.3 Å². The molecule has 2 rings (SSSR count). The van der Waals surface area contributed by atoms with Crippen LogP contribution in [-0.2, 0) is 4.74 Å². The molecule has 1 saturated heterocycles. The highest BCUT2D eigenvalue weighted by molar-refractivity contribution is 6.32. The summed E-state index contributed by atoms with van der Waals surface area (Å²) >= 11 is 5.92. The van der Waals surface area contributed by atoms with E-state index in [4.69, 9.17) is 26.2 Å². The third kappa shape index (κ3) is 5.72. The molecule has 0 radical (unpaired) electrons. The Morgan fingerprint density at radius 2 is 2.05 bits per heavy atom. The second-order valence-electron chi connectivity index (χ2n) is 5.41. The zero-order valence-electron chi connectivity index (χ0n) is 12.6. The molecular weight excluding hydrogens is 309 g/mol. The Labute approximate surface area is 135 Å². The number of piperidine rings is 1. The van der Waals surface area contributed by atoms with Crippen molar-refractivity contribution >= 4 is 11.6 Å². The van der Waals surface area contributed by atoms with Crippen molar-refractivity contribution in [1.82, 2.24) is 4.90 Å². The van der Waals surface area contributed by atoms with Crippen LogP contribution in [-0.4, -0.2) is 55.6 Å². The van der Waals surface area contributed by atoms with Gasteiger partial charge in [-0.3, -0.25) is 4.90 Å². The zero-order valence-corrected chi connectivity index (χ0v) is 13.4. The average Bonchev–Trinajstić information content (AvgIpc) is 2.51. The molecule has 1 fully saturated rings. The smallest absolute Gasteiger partial charge is 0.138 e. The summed E-state index contributed by atoms with van der Waals surface area (Å²) in [4.78, 5) is 2.32. The first-order valence-electron chi connectivity index (χ1n) is 7.71. The fourth-order valence-electron chi connectivity index (χ4n) is 2.49. The van der Waals surface area contributed by atoms with Crippen LogP contribution in [0.2, 0.25) is 5.02 Å². The molecule has 0 amide bonds. The van der Waals surface area contributed by atoms with Crippen molar-refractivity contribution < 1.29 is 19.0 Å². The Morgan fingerprint density at radius 1 is 1.27 bits per heavy atom. The van der Waals surface area contributed by atoms with E-state index in [1.165, 1.54) is 12.1 Å². The number of hydrogen-bond donors (Lipinski definition) is 1. The van der Waals surface area contributed by atoms with E-state index in [1.807, 2.05) is 0 Å². The van der Waals surface area contributed by atoms with E-state index in [0.717, 1.165) is 32.5 Å². The van der Waals surface area contributed by atoms with Crippen molar-refractivity contribution in [3.05, 3.63) is 29.0 Å². The van der Waals surface area contributed by atoms with Crippen molar-refractivity contribution in [2.75, 3.05) is 39.5 Å². The minimum absolute atomic E-state index is 0.183. The van der Waals surface area contributed by atoms with E-state index in [1.54, 1.807) is 6.07 Å². The van der Waals surface area contributed by atoms with Crippen LogP contribution in [0, 0.1) is 5.82 Å². The van der Waals surface area contributed by atoms with E-state index < -0.39 is 0 Å². The molecule has 1 N–H and O–H groups in total. The minimum atomic E-state index is -0.361. The lowest BCUT2D eigenvalue weighted by Crippen LogP contribution is -2.39. The second kappa shape index (κ2) is 9.30. The number of rotatable bonds is 8. The summed E-state index contributed by atoms with van der Waals surface area (Å²) in [6, 6.07) is 4.15. The summed E-state index contributed by atoms with van der Waals surface area (Å²) in [6.45, 7) is 4.11. The van der Waals surface area contributed by atoms with Gasteiger partial charge >= 0.3 is 0 Å². The molecule has 0 atom stereocenters. The van der Waals surface area contributed by atoms with E-state index in [0.29, 0.717) is 36.5 Å². The van der Waals surface area contributed by atoms with Gasteiger partial charge in [-0.2, -0.15) is 0 Å². The number of halogens is 2. The zero-order chi connectivity index (χ0) is 15.8. The van der Waals surface area contributed by atoms with Crippen molar-refractivity contribution in [3.8, 4) is 5.75 Å². The monoisotopic (exact) mass is 331 g/mol. The highest BCUT2D eigenvalue weighted by Crippen LogP contribution is 2.24. The van der Waals surface area contributed by atoms with Crippen LogP contribution in [0.15, 0.2) is 18.2 Å². The molecule has 6 heteroatoms. The van der Waals surface area contributed by atoms with Gasteiger partial charge in [0.15, 0.2) is 0 Å². The first-order valence-corrected chi connectivity index (χ1v) is 8.09. The maximum Gasteiger partial charge on any atom is 0.138 e. The van der Waals surface area contributed by atoms with E-state index in [9.17, 15) is 4.39 Å². The lowest BCUT2D eigenvalue weighted by Gasteiger charge is -2.31. The van der Waals surface area contributed by atoms with Crippen LogP contribution in [0.4, 0.5) is 4.39 Å². The molecule has 124 valence electrons. The van der Waals surface area contributed by atoms with Gasteiger partial charge in [0, 0.05) is 32.8 Å². The molecular formula is C16H23ClFNO3. The first-order chi connectivity index (χ1) is 10.7. The van der Waals surface area contributed by atoms with Gasteiger partial charge in [-0.15, -0.1) is 0 Å². The molecule has 0 saturated carbocycles. The molecule has 1 heterocycles. The van der Waals surface area contributed by atoms with Gasteiger partial charge in [0.25, 0.3) is 0 Å². The normalized spacial score (nSPS) is 16.9. The molecule has 1 aromatic rings. The van der Waals surface area contributed by atoms with Gasteiger partial charge in [-0.1, -0.05) is 11.6 Å². The van der Waals surface area contributed by atoms with E-state index in [-0.39, 0.29) is 12.4 Å². The molecule has 1 aromatic carbocycles. The van der Waals surface area contributed by atoms with Crippen molar-refractivity contribution in [2.45, 2.75) is 25.4 Å². The summed E-state index contributed by atoms with van der Waals surface area (Å²) in [6.07, 6.45) is 3.01. The Balaban J connectivity index is 1.62. The number of nitrogens with zero attached hydrogens (tertiary/aromatic N) is 1.